The summed E-state index contributed by atoms with van der Waals surface area (Å²) >= 11 is 3.18. The summed E-state index contributed by atoms with van der Waals surface area (Å²) in [5, 5.41) is 5.84. The molecule has 8 heteroatoms. The number of carbonyl (C=O) groups excluding carboxylic acids is 2. The fourth-order valence-electron chi connectivity index (χ4n) is 2.94. The second-order valence-corrected chi connectivity index (χ2v) is 8.30. The van der Waals surface area contributed by atoms with Crippen LogP contribution in [0.15, 0.2) is 35.7 Å². The molecular weight excluding hydrogens is 370 g/mol. The topological polar surface area (TPSA) is 71.5 Å². The lowest BCUT2D eigenvalue weighted by Gasteiger charge is -2.34. The van der Waals surface area contributed by atoms with Gasteiger partial charge in [-0.3, -0.25) is 9.59 Å². The van der Waals surface area contributed by atoms with Crippen LogP contribution in [-0.4, -0.2) is 41.0 Å². The second-order valence-electron chi connectivity index (χ2n) is 6.04. The monoisotopic (exact) mass is 387 g/mol. The van der Waals surface area contributed by atoms with Crippen molar-refractivity contribution in [2.45, 2.75) is 19.5 Å². The molecule has 1 atom stereocenters. The maximum atomic E-state index is 12.8. The molecule has 134 valence electrons. The first-order valence-corrected chi connectivity index (χ1v) is 9.87. The Bertz CT molecular complexity index is 952. The Morgan fingerprint density at radius 3 is 3.12 bits per heavy atom. The number of thiophene rings is 1. The molecule has 2 amide bonds. The molecule has 3 aromatic rings. The lowest BCUT2D eigenvalue weighted by atomic mass is 10.2. The van der Waals surface area contributed by atoms with Gasteiger partial charge in [-0.15, -0.1) is 22.7 Å². The number of benzene rings is 1. The van der Waals surface area contributed by atoms with Crippen molar-refractivity contribution in [3.05, 3.63) is 45.6 Å². The molecule has 26 heavy (non-hydrogen) atoms. The van der Waals surface area contributed by atoms with Gasteiger partial charge in [0.25, 0.3) is 0 Å². The number of morpholine rings is 1. The number of fused-ring (bicyclic) bond motifs is 1. The van der Waals surface area contributed by atoms with E-state index in [9.17, 15) is 9.59 Å². The van der Waals surface area contributed by atoms with Crippen molar-refractivity contribution in [3.8, 4) is 0 Å². The fraction of sp³-hybridized carbons (Fsp3) is 0.278. The van der Waals surface area contributed by atoms with Gasteiger partial charge in [0.05, 0.1) is 28.4 Å². The highest BCUT2D eigenvalue weighted by molar-refractivity contribution is 7.18. The number of hydrogen-bond donors (Lipinski definition) is 1. The minimum atomic E-state index is -0.647. The van der Waals surface area contributed by atoms with E-state index in [0.717, 1.165) is 20.1 Å². The van der Waals surface area contributed by atoms with E-state index in [0.29, 0.717) is 12.2 Å². The molecule has 0 aliphatic carbocycles. The molecular formula is C18H17N3O3S2. The van der Waals surface area contributed by atoms with Gasteiger partial charge in [0, 0.05) is 10.6 Å². The van der Waals surface area contributed by atoms with Gasteiger partial charge in [0.1, 0.15) is 12.6 Å². The molecule has 1 fully saturated rings. The van der Waals surface area contributed by atoms with Crippen LogP contribution in [0.1, 0.15) is 9.88 Å². The van der Waals surface area contributed by atoms with Gasteiger partial charge in [0.15, 0.2) is 0 Å². The Hall–Kier alpha value is -2.29. The van der Waals surface area contributed by atoms with Gasteiger partial charge in [-0.05, 0) is 36.6 Å². The van der Waals surface area contributed by atoms with Crippen LogP contribution in [0.5, 0.6) is 0 Å². The highest BCUT2D eigenvalue weighted by Crippen LogP contribution is 2.25. The third-order valence-corrected chi connectivity index (χ3v) is 5.98. The number of nitrogens with zero attached hydrogens (tertiary/aromatic N) is 2. The Morgan fingerprint density at radius 2 is 2.31 bits per heavy atom. The lowest BCUT2D eigenvalue weighted by molar-refractivity contribution is -0.153. The Morgan fingerprint density at radius 1 is 1.42 bits per heavy atom. The number of aromatic nitrogens is 1. The van der Waals surface area contributed by atoms with E-state index in [1.807, 2.05) is 42.6 Å². The van der Waals surface area contributed by atoms with E-state index in [1.165, 1.54) is 0 Å². The summed E-state index contributed by atoms with van der Waals surface area (Å²) in [7, 11) is 0. The molecule has 2 aromatic heterocycles. The van der Waals surface area contributed by atoms with Crippen LogP contribution in [0.3, 0.4) is 0 Å². The summed E-state index contributed by atoms with van der Waals surface area (Å²) in [5.41, 5.74) is 1.53. The summed E-state index contributed by atoms with van der Waals surface area (Å²) in [6, 6.07) is 8.90. The largest absolute Gasteiger partial charge is 0.369 e. The maximum absolute atomic E-state index is 12.8. The van der Waals surface area contributed by atoms with Gasteiger partial charge in [-0.2, -0.15) is 0 Å². The van der Waals surface area contributed by atoms with E-state index in [1.54, 1.807) is 27.6 Å². The van der Waals surface area contributed by atoms with E-state index in [2.05, 4.69) is 10.3 Å². The third-order valence-electron chi connectivity index (χ3n) is 4.17. The Kier molecular flexibility index (Phi) is 4.71. The number of carbonyl (C=O) groups is 2. The summed E-state index contributed by atoms with van der Waals surface area (Å²) in [6.45, 7) is 2.58. The first-order chi connectivity index (χ1) is 12.6. The average molecular weight is 387 g/mol. The number of rotatable bonds is 4. The van der Waals surface area contributed by atoms with Crippen LogP contribution >= 0.6 is 22.7 Å². The van der Waals surface area contributed by atoms with E-state index in [4.69, 9.17) is 4.74 Å². The molecule has 1 N–H and O–H groups in total. The average Bonchev–Trinajstić information content (AvgIpc) is 3.24. The molecule has 3 heterocycles. The zero-order valence-corrected chi connectivity index (χ0v) is 15.7. The first kappa shape index (κ1) is 17.1. The van der Waals surface area contributed by atoms with Crippen molar-refractivity contribution < 1.29 is 14.3 Å². The van der Waals surface area contributed by atoms with Crippen LogP contribution < -0.4 is 5.32 Å². The Balaban J connectivity index is 1.53. The molecule has 1 aliphatic heterocycles. The molecule has 0 unspecified atom stereocenters. The minimum absolute atomic E-state index is 0.0131. The molecule has 0 radical (unpaired) electrons. The molecule has 0 spiro atoms. The summed E-state index contributed by atoms with van der Waals surface area (Å²) in [4.78, 5) is 32.2. The quantitative estimate of drug-likeness (QED) is 0.747. The summed E-state index contributed by atoms with van der Waals surface area (Å²) in [5.74, 6) is -0.420. The van der Waals surface area contributed by atoms with Crippen molar-refractivity contribution in [2.24, 2.45) is 0 Å². The number of thiazole rings is 1. The zero-order valence-electron chi connectivity index (χ0n) is 14.1. The number of hydrogen-bond acceptors (Lipinski definition) is 6. The van der Waals surface area contributed by atoms with Crippen LogP contribution in [0.4, 0.5) is 5.69 Å². The van der Waals surface area contributed by atoms with Crippen molar-refractivity contribution in [1.29, 1.82) is 0 Å². The van der Waals surface area contributed by atoms with Gasteiger partial charge in [-0.1, -0.05) is 6.07 Å². The second kappa shape index (κ2) is 7.14. The number of nitrogens with one attached hydrogen (secondary N) is 1. The predicted molar refractivity (Wildman–Crippen MR) is 102 cm³/mol. The van der Waals surface area contributed by atoms with Crippen LogP contribution in [0, 0.1) is 6.92 Å². The normalized spacial score (nSPS) is 17.7. The zero-order chi connectivity index (χ0) is 18.1. The number of amides is 2. The van der Waals surface area contributed by atoms with Gasteiger partial charge in [-0.25, -0.2) is 4.98 Å². The molecule has 0 bridgehead atoms. The standard InChI is InChI=1S/C18H17N3O3S2/c1-11-19-14-7-12(4-5-16(14)26-11)20-18(23)15-9-24-10-17(22)21(15)8-13-3-2-6-25-13/h2-7,15H,8-10H2,1H3,(H,20,23)/t15-/m1/s1. The van der Waals surface area contributed by atoms with Gasteiger partial charge in [0.2, 0.25) is 11.8 Å². The van der Waals surface area contributed by atoms with Gasteiger partial charge < -0.3 is 15.0 Å². The van der Waals surface area contributed by atoms with Crippen molar-refractivity contribution >= 4 is 50.4 Å². The molecule has 0 saturated carbocycles. The fourth-order valence-corrected chi connectivity index (χ4v) is 4.45. The van der Waals surface area contributed by atoms with Crippen molar-refractivity contribution in [2.75, 3.05) is 18.5 Å². The lowest BCUT2D eigenvalue weighted by Crippen LogP contribution is -2.54. The van der Waals surface area contributed by atoms with Crippen molar-refractivity contribution in [3.63, 3.8) is 0 Å². The number of anilines is 1. The first-order valence-electron chi connectivity index (χ1n) is 8.18. The van der Waals surface area contributed by atoms with E-state index in [-0.39, 0.29) is 25.0 Å². The van der Waals surface area contributed by atoms with Gasteiger partial charge >= 0.3 is 0 Å². The van der Waals surface area contributed by atoms with Crippen LogP contribution in [0.2, 0.25) is 0 Å². The SMILES string of the molecule is Cc1nc2cc(NC(=O)[C@H]3COCC(=O)N3Cc3cccs3)ccc2s1. The maximum Gasteiger partial charge on any atom is 0.249 e. The summed E-state index contributed by atoms with van der Waals surface area (Å²) in [6.07, 6.45) is 0. The smallest absolute Gasteiger partial charge is 0.249 e. The minimum Gasteiger partial charge on any atom is -0.369 e. The molecule has 4 rings (SSSR count). The number of aryl methyl sites for hydroxylation is 1. The highest BCUT2D eigenvalue weighted by Gasteiger charge is 2.34. The third kappa shape index (κ3) is 3.48. The molecule has 6 nitrogen and oxygen atoms in total. The highest BCUT2D eigenvalue weighted by atomic mass is 32.1. The molecule has 1 aromatic carbocycles. The van der Waals surface area contributed by atoms with Crippen LogP contribution in [0.25, 0.3) is 10.2 Å². The van der Waals surface area contributed by atoms with E-state index < -0.39 is 6.04 Å². The Labute approximate surface area is 158 Å². The molecule has 1 saturated heterocycles. The predicted octanol–water partition coefficient (Wildman–Crippen LogP) is 3.03. The molecule has 1 aliphatic rings. The van der Waals surface area contributed by atoms with Crippen LogP contribution in [-0.2, 0) is 20.9 Å². The number of ether oxygens (including phenoxy) is 1. The summed E-state index contributed by atoms with van der Waals surface area (Å²) < 4.78 is 6.40. The van der Waals surface area contributed by atoms with Crippen molar-refractivity contribution in [1.82, 2.24) is 9.88 Å². The van der Waals surface area contributed by atoms with E-state index >= 15 is 0 Å².